The van der Waals surface area contributed by atoms with Crippen molar-refractivity contribution in [3.8, 4) is 16.2 Å². The molecule has 0 atom stereocenters. The van der Waals surface area contributed by atoms with Crippen LogP contribution in [0.2, 0.25) is 25.7 Å². The van der Waals surface area contributed by atoms with E-state index in [0.717, 1.165) is 52.6 Å². The van der Waals surface area contributed by atoms with Crippen molar-refractivity contribution in [3.05, 3.63) is 34.0 Å². The van der Waals surface area contributed by atoms with Gasteiger partial charge in [-0.15, -0.1) is 11.3 Å². The summed E-state index contributed by atoms with van der Waals surface area (Å²) in [4.78, 5) is 16.7. The molecule has 4 rings (SSSR count). The highest BCUT2D eigenvalue weighted by atomic mass is 32.1. The molecule has 0 unspecified atom stereocenters. The standard InChI is InChI=1S/C22H31N3O4SSi/c1-22(2,27)20-15-7-6-8-29-17-16(15)19(21(26)24-20)30-18(17)14-11-23-25(12-14)13-28-9-10-31(3,4)5/h11-12,27H,6-10,13H2,1-5H3,(H,24,26). The van der Waals surface area contributed by atoms with Gasteiger partial charge in [0.05, 0.1) is 29.0 Å². The fourth-order valence-corrected chi connectivity index (χ4v) is 5.73. The van der Waals surface area contributed by atoms with Crippen LogP contribution in [0.5, 0.6) is 5.75 Å². The lowest BCUT2D eigenvalue weighted by Crippen LogP contribution is -2.24. The van der Waals surface area contributed by atoms with E-state index in [1.807, 2.05) is 6.20 Å². The molecule has 0 saturated carbocycles. The zero-order valence-electron chi connectivity index (χ0n) is 18.9. The average molecular weight is 462 g/mol. The number of aryl methyl sites for hydroxylation is 1. The third kappa shape index (κ3) is 4.64. The van der Waals surface area contributed by atoms with E-state index in [9.17, 15) is 9.90 Å². The van der Waals surface area contributed by atoms with Gasteiger partial charge in [-0.2, -0.15) is 5.10 Å². The molecular formula is C22H31N3O4SSi. The van der Waals surface area contributed by atoms with E-state index in [4.69, 9.17) is 9.47 Å². The zero-order chi connectivity index (χ0) is 22.4. The Balaban J connectivity index is 1.70. The van der Waals surface area contributed by atoms with Crippen molar-refractivity contribution in [1.29, 1.82) is 0 Å². The Kier molecular flexibility index (Phi) is 5.89. The van der Waals surface area contributed by atoms with Gasteiger partial charge in [-0.05, 0) is 38.3 Å². The molecule has 7 nitrogen and oxygen atoms in total. The number of nitrogens with zero attached hydrogens (tertiary/aromatic N) is 2. The topological polar surface area (TPSA) is 89.4 Å². The van der Waals surface area contributed by atoms with Crippen molar-refractivity contribution in [1.82, 2.24) is 14.8 Å². The number of aromatic nitrogens is 3. The molecule has 3 aromatic rings. The number of thiophene rings is 1. The van der Waals surface area contributed by atoms with Crippen molar-refractivity contribution in [3.63, 3.8) is 0 Å². The maximum Gasteiger partial charge on any atom is 0.266 e. The number of nitrogens with one attached hydrogen (secondary N) is 1. The monoisotopic (exact) mass is 461 g/mol. The predicted octanol–water partition coefficient (Wildman–Crippen LogP) is 4.32. The molecule has 9 heteroatoms. The minimum absolute atomic E-state index is 0.194. The van der Waals surface area contributed by atoms with Gasteiger partial charge >= 0.3 is 0 Å². The minimum atomic E-state index is -1.13. The first-order chi connectivity index (χ1) is 14.5. The Hall–Kier alpha value is -1.94. The van der Waals surface area contributed by atoms with Crippen LogP contribution in [-0.2, 0) is 23.5 Å². The van der Waals surface area contributed by atoms with Crippen LogP contribution in [0.25, 0.3) is 20.5 Å². The molecule has 0 aliphatic carbocycles. The molecule has 1 aliphatic heterocycles. The Morgan fingerprint density at radius 2 is 2.16 bits per heavy atom. The number of ether oxygens (including phenoxy) is 2. The molecule has 0 fully saturated rings. The van der Waals surface area contributed by atoms with Crippen molar-refractivity contribution >= 4 is 29.5 Å². The first kappa shape index (κ1) is 22.3. The third-order valence-corrected chi connectivity index (χ3v) is 8.38. The molecule has 0 spiro atoms. The molecule has 2 N–H and O–H groups in total. The SMILES string of the molecule is CC(C)(O)c1[nH]c(=O)c2sc(-c3cnn(COCC[Si](C)(C)C)c3)c3c2c1CCCO3. The molecular weight excluding hydrogens is 430 g/mol. The molecule has 1 aliphatic rings. The van der Waals surface area contributed by atoms with Crippen LogP contribution in [0.15, 0.2) is 17.2 Å². The van der Waals surface area contributed by atoms with Crippen molar-refractivity contribution < 1.29 is 14.6 Å². The van der Waals surface area contributed by atoms with Gasteiger partial charge in [0.2, 0.25) is 0 Å². The first-order valence-electron chi connectivity index (χ1n) is 10.7. The molecule has 0 bridgehead atoms. The molecule has 3 aromatic heterocycles. The summed E-state index contributed by atoms with van der Waals surface area (Å²) in [6, 6.07) is 1.12. The predicted molar refractivity (Wildman–Crippen MR) is 127 cm³/mol. The van der Waals surface area contributed by atoms with E-state index in [1.54, 1.807) is 24.7 Å². The average Bonchev–Trinajstić information content (AvgIpc) is 3.21. The second-order valence-electron chi connectivity index (χ2n) is 9.90. The van der Waals surface area contributed by atoms with E-state index < -0.39 is 13.7 Å². The largest absolute Gasteiger partial charge is 0.491 e. The van der Waals surface area contributed by atoms with Gasteiger partial charge in [0.15, 0.2) is 0 Å². The summed E-state index contributed by atoms with van der Waals surface area (Å²) in [6.45, 7) is 12.1. The van der Waals surface area contributed by atoms with E-state index in [1.165, 1.54) is 11.3 Å². The Bertz CT molecular complexity index is 1150. The number of pyridine rings is 1. The van der Waals surface area contributed by atoms with Crippen LogP contribution in [0.1, 0.15) is 31.5 Å². The van der Waals surface area contributed by atoms with Gasteiger partial charge in [-0.25, -0.2) is 4.68 Å². The van der Waals surface area contributed by atoms with Gasteiger partial charge in [0, 0.05) is 31.8 Å². The summed E-state index contributed by atoms with van der Waals surface area (Å²) in [5, 5.41) is 15.9. The lowest BCUT2D eigenvalue weighted by molar-refractivity contribution is 0.0728. The van der Waals surface area contributed by atoms with Crippen molar-refractivity contribution in [2.45, 2.75) is 64.7 Å². The molecule has 168 valence electrons. The van der Waals surface area contributed by atoms with Crippen molar-refractivity contribution in [2.75, 3.05) is 13.2 Å². The Morgan fingerprint density at radius 1 is 1.39 bits per heavy atom. The van der Waals surface area contributed by atoms with E-state index in [0.29, 0.717) is 23.7 Å². The number of H-pyrrole nitrogens is 1. The Morgan fingerprint density at radius 3 is 2.87 bits per heavy atom. The highest BCUT2D eigenvalue weighted by Crippen LogP contribution is 2.47. The highest BCUT2D eigenvalue weighted by molar-refractivity contribution is 7.22. The second-order valence-corrected chi connectivity index (χ2v) is 16.5. The van der Waals surface area contributed by atoms with Gasteiger partial charge < -0.3 is 19.6 Å². The fraction of sp³-hybridized carbons (Fsp3) is 0.545. The molecule has 0 saturated heterocycles. The second kappa shape index (κ2) is 8.20. The summed E-state index contributed by atoms with van der Waals surface area (Å²) >= 11 is 1.42. The van der Waals surface area contributed by atoms with Gasteiger partial charge in [-0.1, -0.05) is 19.6 Å². The van der Waals surface area contributed by atoms with Crippen LogP contribution in [0.4, 0.5) is 0 Å². The third-order valence-electron chi connectivity index (χ3n) is 5.46. The van der Waals surface area contributed by atoms with Gasteiger partial charge in [0.1, 0.15) is 17.2 Å². The van der Waals surface area contributed by atoms with Crippen LogP contribution in [0.3, 0.4) is 0 Å². The highest BCUT2D eigenvalue weighted by Gasteiger charge is 2.30. The smallest absolute Gasteiger partial charge is 0.266 e. The van der Waals surface area contributed by atoms with E-state index in [-0.39, 0.29) is 5.56 Å². The molecule has 0 amide bonds. The van der Waals surface area contributed by atoms with Crippen LogP contribution < -0.4 is 10.3 Å². The normalized spacial score (nSPS) is 14.6. The van der Waals surface area contributed by atoms with Crippen LogP contribution >= 0.6 is 11.3 Å². The number of rotatable bonds is 7. The summed E-state index contributed by atoms with van der Waals surface area (Å²) in [5.41, 5.74) is 1.12. The maximum absolute atomic E-state index is 12.9. The number of aliphatic hydroxyl groups is 1. The zero-order valence-corrected chi connectivity index (χ0v) is 20.7. The molecule has 31 heavy (non-hydrogen) atoms. The fourth-order valence-electron chi connectivity index (χ4n) is 3.83. The minimum Gasteiger partial charge on any atom is -0.491 e. The summed E-state index contributed by atoms with van der Waals surface area (Å²) < 4.78 is 14.3. The summed E-state index contributed by atoms with van der Waals surface area (Å²) in [7, 11) is -1.12. The van der Waals surface area contributed by atoms with Crippen LogP contribution in [-0.4, -0.2) is 41.2 Å². The van der Waals surface area contributed by atoms with Gasteiger partial charge in [0.25, 0.3) is 5.56 Å². The first-order valence-corrected chi connectivity index (χ1v) is 15.2. The molecule has 4 heterocycles. The Labute approximate surface area is 187 Å². The molecule has 0 aromatic carbocycles. The quantitative estimate of drug-likeness (QED) is 0.404. The maximum atomic E-state index is 12.9. The van der Waals surface area contributed by atoms with Crippen LogP contribution in [0, 0.1) is 0 Å². The number of aromatic amines is 1. The molecule has 0 radical (unpaired) electrons. The summed E-state index contributed by atoms with van der Waals surface area (Å²) in [5.74, 6) is 0.725. The number of hydrogen-bond donors (Lipinski definition) is 2. The summed E-state index contributed by atoms with van der Waals surface area (Å²) in [6.07, 6.45) is 5.31. The van der Waals surface area contributed by atoms with Gasteiger partial charge in [-0.3, -0.25) is 4.79 Å². The van der Waals surface area contributed by atoms with Crippen molar-refractivity contribution in [2.24, 2.45) is 0 Å². The van der Waals surface area contributed by atoms with E-state index in [2.05, 4.69) is 29.7 Å². The van der Waals surface area contributed by atoms with E-state index >= 15 is 0 Å². The lowest BCUT2D eigenvalue weighted by Gasteiger charge is -2.21. The lowest BCUT2D eigenvalue weighted by atomic mass is 9.94. The number of hydrogen-bond acceptors (Lipinski definition) is 6.